The highest BCUT2D eigenvalue weighted by Crippen LogP contribution is 2.09. The Labute approximate surface area is 69.5 Å². The van der Waals surface area contributed by atoms with Crippen LogP contribution in [0.4, 0.5) is 0 Å². The molecule has 0 heterocycles. The highest BCUT2D eigenvalue weighted by atomic mass is 16.4. The maximum absolute atomic E-state index is 10.3. The van der Waals surface area contributed by atoms with Gasteiger partial charge in [0.2, 0.25) is 0 Å². The van der Waals surface area contributed by atoms with Crippen LogP contribution in [0.3, 0.4) is 0 Å². The van der Waals surface area contributed by atoms with Gasteiger partial charge < -0.3 is 10.2 Å². The Balaban J connectivity index is 4.24. The molecule has 0 rings (SSSR count). The zero-order valence-corrected chi connectivity index (χ0v) is 6.70. The Hall–Kier alpha value is -1.39. The fraction of sp³-hybridized carbons (Fsp3) is 0.571. The number of nitrogens with one attached hydrogen (secondary N) is 1. The molecule has 0 saturated carbocycles. The summed E-state index contributed by atoms with van der Waals surface area (Å²) >= 11 is 0. The number of hydrogen-bond donors (Lipinski definition) is 3. The van der Waals surface area contributed by atoms with Gasteiger partial charge in [0.25, 0.3) is 0 Å². The molecule has 0 aliphatic rings. The van der Waals surface area contributed by atoms with Crippen LogP contribution >= 0.6 is 0 Å². The number of hydrogen-bond acceptors (Lipinski definition) is 3. The summed E-state index contributed by atoms with van der Waals surface area (Å²) in [6.45, 7) is 1.66. The maximum atomic E-state index is 10.3. The van der Waals surface area contributed by atoms with Crippen molar-refractivity contribution in [1.29, 1.82) is 5.41 Å². The molecule has 0 saturated heterocycles. The number of aliphatic carboxylic acids is 2. The lowest BCUT2D eigenvalue weighted by Crippen LogP contribution is -2.24. The third-order valence-electron chi connectivity index (χ3n) is 1.55. The van der Waals surface area contributed by atoms with E-state index in [1.54, 1.807) is 6.92 Å². The van der Waals surface area contributed by atoms with E-state index in [1.165, 1.54) is 0 Å². The number of carboxylic acid groups (broad SMARTS) is 2. The zero-order valence-electron chi connectivity index (χ0n) is 6.70. The lowest BCUT2D eigenvalue weighted by Gasteiger charge is -2.09. The molecule has 5 nitrogen and oxygen atoms in total. The average molecular weight is 173 g/mol. The van der Waals surface area contributed by atoms with Crippen molar-refractivity contribution in [3.05, 3.63) is 0 Å². The molecule has 5 heteroatoms. The molecular formula is C7H11NO4. The molecule has 3 N–H and O–H groups in total. The molecule has 0 amide bonds. The van der Waals surface area contributed by atoms with E-state index in [2.05, 4.69) is 0 Å². The smallest absolute Gasteiger partial charge is 0.349 e. The predicted molar refractivity (Wildman–Crippen MR) is 41.4 cm³/mol. The van der Waals surface area contributed by atoms with Gasteiger partial charge in [-0.1, -0.05) is 6.92 Å². The van der Waals surface area contributed by atoms with E-state index in [1.807, 2.05) is 0 Å². The Morgan fingerprint density at radius 3 is 2.17 bits per heavy atom. The Morgan fingerprint density at radius 1 is 1.42 bits per heavy atom. The molecule has 0 radical (unpaired) electrons. The lowest BCUT2D eigenvalue weighted by molar-refractivity contribution is -0.137. The molecule has 0 spiro atoms. The summed E-state index contributed by atoms with van der Waals surface area (Å²) in [5.41, 5.74) is -0.528. The third kappa shape index (κ3) is 3.14. The molecule has 68 valence electrons. The summed E-state index contributed by atoms with van der Waals surface area (Å²) in [6.07, 6.45) is 0.0685. The second-order valence-electron chi connectivity index (χ2n) is 2.42. The van der Waals surface area contributed by atoms with Crippen LogP contribution in [0.25, 0.3) is 0 Å². The third-order valence-corrected chi connectivity index (χ3v) is 1.55. The Morgan fingerprint density at radius 2 is 1.92 bits per heavy atom. The molecule has 0 fully saturated rings. The van der Waals surface area contributed by atoms with Gasteiger partial charge in [-0.3, -0.25) is 10.2 Å². The van der Waals surface area contributed by atoms with Gasteiger partial charge >= 0.3 is 11.9 Å². The minimum absolute atomic E-state index is 0.290. The van der Waals surface area contributed by atoms with Crippen molar-refractivity contribution in [2.45, 2.75) is 19.8 Å². The van der Waals surface area contributed by atoms with Crippen LogP contribution in [0.15, 0.2) is 0 Å². The molecule has 0 unspecified atom stereocenters. The number of rotatable bonds is 5. The molecule has 0 aliphatic heterocycles. The summed E-state index contributed by atoms with van der Waals surface area (Å²) in [4.78, 5) is 20.5. The van der Waals surface area contributed by atoms with Gasteiger partial charge in [-0.05, 0) is 6.42 Å². The van der Waals surface area contributed by atoms with Crippen molar-refractivity contribution in [3.8, 4) is 0 Å². The number of carbonyl (C=O) groups is 2. The van der Waals surface area contributed by atoms with Crippen LogP contribution < -0.4 is 0 Å². The zero-order chi connectivity index (χ0) is 9.72. The molecule has 1 atom stereocenters. The van der Waals surface area contributed by atoms with Gasteiger partial charge in [0.1, 0.15) is 5.71 Å². The van der Waals surface area contributed by atoms with E-state index >= 15 is 0 Å². The van der Waals surface area contributed by atoms with Crippen molar-refractivity contribution >= 4 is 17.7 Å². The summed E-state index contributed by atoms with van der Waals surface area (Å²) in [7, 11) is 0. The van der Waals surface area contributed by atoms with Crippen LogP contribution in [-0.2, 0) is 9.59 Å². The fourth-order valence-corrected chi connectivity index (χ4v) is 0.836. The maximum Gasteiger partial charge on any atom is 0.349 e. The molecule has 12 heavy (non-hydrogen) atoms. The van der Waals surface area contributed by atoms with Crippen LogP contribution in [-0.4, -0.2) is 27.9 Å². The normalized spacial score (nSPS) is 12.1. The highest BCUT2D eigenvalue weighted by molar-refractivity contribution is 6.35. The van der Waals surface area contributed by atoms with E-state index in [-0.39, 0.29) is 6.42 Å². The molecule has 0 bridgehead atoms. The van der Waals surface area contributed by atoms with E-state index < -0.39 is 23.6 Å². The van der Waals surface area contributed by atoms with E-state index in [9.17, 15) is 9.59 Å². The standard InChI is InChI=1S/C7H11NO4/c1-2-4(3-5(9)10)6(8)7(11)12/h4,8H,2-3H2,1H3,(H,9,10)(H,11,12)/t4-/m0/s1. The lowest BCUT2D eigenvalue weighted by atomic mass is 9.97. The van der Waals surface area contributed by atoms with Crippen molar-refractivity contribution in [2.24, 2.45) is 5.92 Å². The topological polar surface area (TPSA) is 98.5 Å². The van der Waals surface area contributed by atoms with Crippen LogP contribution in [0, 0.1) is 11.3 Å². The summed E-state index contributed by atoms with van der Waals surface area (Å²) in [6, 6.07) is 0. The first-order valence-electron chi connectivity index (χ1n) is 3.52. The monoisotopic (exact) mass is 173 g/mol. The SMILES string of the molecule is CC[C@@H](CC(=O)O)C(=N)C(=O)O. The molecule has 0 aromatic carbocycles. The minimum atomic E-state index is -1.34. The van der Waals surface area contributed by atoms with Crippen molar-refractivity contribution < 1.29 is 19.8 Å². The minimum Gasteiger partial charge on any atom is -0.481 e. The van der Waals surface area contributed by atoms with Gasteiger partial charge in [0.05, 0.1) is 6.42 Å². The predicted octanol–water partition coefficient (Wildman–Crippen LogP) is 0.592. The second-order valence-corrected chi connectivity index (χ2v) is 2.42. The van der Waals surface area contributed by atoms with Crippen LogP contribution in [0.1, 0.15) is 19.8 Å². The van der Waals surface area contributed by atoms with E-state index in [0.717, 1.165) is 0 Å². The van der Waals surface area contributed by atoms with Gasteiger partial charge in [0, 0.05) is 5.92 Å². The molecule has 0 aliphatic carbocycles. The Bertz CT molecular complexity index is 211. The van der Waals surface area contributed by atoms with Crippen LogP contribution in [0.2, 0.25) is 0 Å². The van der Waals surface area contributed by atoms with Crippen molar-refractivity contribution in [1.82, 2.24) is 0 Å². The highest BCUT2D eigenvalue weighted by Gasteiger charge is 2.21. The van der Waals surface area contributed by atoms with Crippen molar-refractivity contribution in [2.75, 3.05) is 0 Å². The molecule has 0 aromatic rings. The van der Waals surface area contributed by atoms with Gasteiger partial charge in [-0.2, -0.15) is 0 Å². The fourth-order valence-electron chi connectivity index (χ4n) is 0.836. The quantitative estimate of drug-likeness (QED) is 0.530. The summed E-state index contributed by atoms with van der Waals surface area (Å²) < 4.78 is 0. The molecule has 0 aromatic heterocycles. The summed E-state index contributed by atoms with van der Waals surface area (Å²) in [5.74, 6) is -3.10. The first-order chi connectivity index (χ1) is 5.49. The van der Waals surface area contributed by atoms with Gasteiger partial charge in [-0.15, -0.1) is 0 Å². The average Bonchev–Trinajstić information content (AvgIpc) is 1.98. The van der Waals surface area contributed by atoms with E-state index in [4.69, 9.17) is 15.6 Å². The number of carboxylic acids is 2. The second kappa shape index (κ2) is 4.48. The largest absolute Gasteiger partial charge is 0.481 e. The van der Waals surface area contributed by atoms with Crippen molar-refractivity contribution in [3.63, 3.8) is 0 Å². The van der Waals surface area contributed by atoms with Gasteiger partial charge in [-0.25, -0.2) is 4.79 Å². The molecular weight excluding hydrogens is 162 g/mol. The Kier molecular flexibility index (Phi) is 3.96. The van der Waals surface area contributed by atoms with Gasteiger partial charge in [0.15, 0.2) is 0 Å². The van der Waals surface area contributed by atoms with Crippen LogP contribution in [0.5, 0.6) is 0 Å². The summed E-state index contributed by atoms with van der Waals surface area (Å²) in [5, 5.41) is 23.8. The first kappa shape index (κ1) is 10.6. The van der Waals surface area contributed by atoms with E-state index in [0.29, 0.717) is 6.42 Å². The first-order valence-corrected chi connectivity index (χ1v) is 3.52.